The molecule has 3 aromatic rings. The third-order valence-electron chi connectivity index (χ3n) is 3.31. The van der Waals surface area contributed by atoms with Crippen LogP contribution in [-0.2, 0) is 0 Å². The fourth-order valence-electron chi connectivity index (χ4n) is 2.26. The molecule has 0 aliphatic rings. The van der Waals surface area contributed by atoms with Crippen molar-refractivity contribution in [3.05, 3.63) is 78.1 Å². The average molecular weight is 277 g/mol. The molecule has 21 heavy (non-hydrogen) atoms. The van der Waals surface area contributed by atoms with Gasteiger partial charge in [0.2, 0.25) is 0 Å². The summed E-state index contributed by atoms with van der Waals surface area (Å²) in [7, 11) is 0. The maximum atomic E-state index is 5.77. The normalized spacial score (nSPS) is 10.7. The lowest BCUT2D eigenvalue weighted by Crippen LogP contribution is -2.08. The van der Waals surface area contributed by atoms with Crippen molar-refractivity contribution in [2.24, 2.45) is 0 Å². The third kappa shape index (κ3) is 2.81. The molecule has 0 radical (unpaired) electrons. The highest BCUT2D eigenvalue weighted by Crippen LogP contribution is 2.30. The Labute approximate surface area is 122 Å². The van der Waals surface area contributed by atoms with Gasteiger partial charge >= 0.3 is 0 Å². The molecule has 2 aromatic carbocycles. The molecule has 4 N–H and O–H groups in total. The van der Waals surface area contributed by atoms with Gasteiger partial charge in [0.1, 0.15) is 18.5 Å². The Balaban J connectivity index is 2.11. The van der Waals surface area contributed by atoms with Crippen molar-refractivity contribution in [2.75, 3.05) is 11.5 Å². The maximum Gasteiger partial charge on any atom is 0.143 e. The van der Waals surface area contributed by atoms with E-state index in [2.05, 4.69) is 15.0 Å². The van der Waals surface area contributed by atoms with Crippen LogP contribution in [0.15, 0.2) is 61.2 Å². The van der Waals surface area contributed by atoms with E-state index in [-0.39, 0.29) is 5.92 Å². The summed E-state index contributed by atoms with van der Waals surface area (Å²) in [6.45, 7) is 0. The first-order chi connectivity index (χ1) is 10.2. The minimum atomic E-state index is -0.0748. The van der Waals surface area contributed by atoms with Crippen molar-refractivity contribution in [3.63, 3.8) is 0 Å². The van der Waals surface area contributed by atoms with Crippen LogP contribution < -0.4 is 11.5 Å². The molecule has 0 saturated carbocycles. The number of hydrogen-bond acceptors (Lipinski definition) is 5. The predicted molar refractivity (Wildman–Crippen MR) is 82.5 cm³/mol. The van der Waals surface area contributed by atoms with Crippen LogP contribution >= 0.6 is 0 Å². The van der Waals surface area contributed by atoms with E-state index < -0.39 is 0 Å². The van der Waals surface area contributed by atoms with Gasteiger partial charge in [-0.2, -0.15) is 0 Å². The number of aromatic nitrogens is 3. The average Bonchev–Trinajstić information content (AvgIpc) is 2.52. The summed E-state index contributed by atoms with van der Waals surface area (Å²) in [5.74, 6) is 0.619. The zero-order chi connectivity index (χ0) is 14.7. The van der Waals surface area contributed by atoms with E-state index in [4.69, 9.17) is 11.5 Å². The van der Waals surface area contributed by atoms with Gasteiger partial charge < -0.3 is 11.5 Å². The van der Waals surface area contributed by atoms with Crippen molar-refractivity contribution in [1.29, 1.82) is 0 Å². The zero-order valence-electron chi connectivity index (χ0n) is 11.3. The van der Waals surface area contributed by atoms with Gasteiger partial charge in [-0.05, 0) is 35.4 Å². The van der Waals surface area contributed by atoms with Gasteiger partial charge in [-0.1, -0.05) is 24.3 Å². The summed E-state index contributed by atoms with van der Waals surface area (Å²) >= 11 is 0. The summed E-state index contributed by atoms with van der Waals surface area (Å²) < 4.78 is 0. The molecule has 1 aromatic heterocycles. The number of nitrogens with two attached hydrogens (primary N) is 2. The van der Waals surface area contributed by atoms with Gasteiger partial charge in [-0.15, -0.1) is 0 Å². The maximum absolute atomic E-state index is 5.77. The lowest BCUT2D eigenvalue weighted by atomic mass is 9.90. The number of rotatable bonds is 3. The smallest absolute Gasteiger partial charge is 0.143 e. The fraction of sp³-hybridized carbons (Fsp3) is 0.0625. The van der Waals surface area contributed by atoms with E-state index in [0.717, 1.165) is 22.5 Å². The van der Waals surface area contributed by atoms with Crippen LogP contribution in [0, 0.1) is 0 Å². The molecular formula is C16H15N5. The van der Waals surface area contributed by atoms with Crippen LogP contribution in [0.4, 0.5) is 11.4 Å². The molecular weight excluding hydrogens is 262 g/mol. The lowest BCUT2D eigenvalue weighted by molar-refractivity contribution is 0.830. The largest absolute Gasteiger partial charge is 0.399 e. The molecule has 0 saturated heterocycles. The quantitative estimate of drug-likeness (QED) is 0.716. The van der Waals surface area contributed by atoms with E-state index in [9.17, 15) is 0 Å². The van der Waals surface area contributed by atoms with Crippen molar-refractivity contribution in [1.82, 2.24) is 15.0 Å². The molecule has 0 fully saturated rings. The molecule has 5 nitrogen and oxygen atoms in total. The summed E-state index contributed by atoms with van der Waals surface area (Å²) in [6.07, 6.45) is 3.01. The highest BCUT2D eigenvalue weighted by Gasteiger charge is 2.19. The number of benzene rings is 2. The Hall–Kier alpha value is -2.95. The number of nitrogen functional groups attached to an aromatic ring is 2. The summed E-state index contributed by atoms with van der Waals surface area (Å²) in [4.78, 5) is 12.5. The Bertz CT molecular complexity index is 662. The summed E-state index contributed by atoms with van der Waals surface area (Å²) in [6, 6.07) is 15.4. The Morgan fingerprint density at radius 2 is 1.10 bits per heavy atom. The minimum Gasteiger partial charge on any atom is -0.399 e. The fourth-order valence-corrected chi connectivity index (χ4v) is 2.26. The third-order valence-corrected chi connectivity index (χ3v) is 3.31. The van der Waals surface area contributed by atoms with Gasteiger partial charge in [-0.3, -0.25) is 0 Å². The number of anilines is 2. The standard InChI is InChI=1S/C16H15N5/c17-13-5-1-11(2-6-13)15(16-20-9-19-10-21-16)12-3-7-14(18)8-4-12/h1-10,15H,17-18H2. The minimum absolute atomic E-state index is 0.0748. The van der Waals surface area contributed by atoms with Crippen molar-refractivity contribution >= 4 is 11.4 Å². The molecule has 1 heterocycles. The predicted octanol–water partition coefficient (Wildman–Crippen LogP) is 2.22. The second-order valence-corrected chi connectivity index (χ2v) is 4.76. The first-order valence-corrected chi connectivity index (χ1v) is 6.57. The van der Waals surface area contributed by atoms with Gasteiger partial charge in [0.15, 0.2) is 0 Å². The van der Waals surface area contributed by atoms with E-state index in [1.54, 1.807) is 0 Å². The van der Waals surface area contributed by atoms with Crippen LogP contribution in [0.2, 0.25) is 0 Å². The van der Waals surface area contributed by atoms with Gasteiger partial charge in [-0.25, -0.2) is 15.0 Å². The van der Waals surface area contributed by atoms with Gasteiger partial charge in [0, 0.05) is 11.4 Å². The van der Waals surface area contributed by atoms with Gasteiger partial charge in [0.05, 0.1) is 5.92 Å². The first-order valence-electron chi connectivity index (χ1n) is 6.57. The topological polar surface area (TPSA) is 90.7 Å². The van der Waals surface area contributed by atoms with Crippen LogP contribution in [0.5, 0.6) is 0 Å². The van der Waals surface area contributed by atoms with Crippen LogP contribution in [0.1, 0.15) is 22.9 Å². The molecule has 104 valence electrons. The lowest BCUT2D eigenvalue weighted by Gasteiger charge is -2.16. The Kier molecular flexibility index (Phi) is 3.47. The second-order valence-electron chi connectivity index (χ2n) is 4.76. The van der Waals surface area contributed by atoms with E-state index in [0.29, 0.717) is 5.82 Å². The van der Waals surface area contributed by atoms with Crippen LogP contribution in [0.25, 0.3) is 0 Å². The molecule has 5 heteroatoms. The van der Waals surface area contributed by atoms with E-state index in [1.165, 1.54) is 12.7 Å². The Morgan fingerprint density at radius 3 is 1.52 bits per heavy atom. The first kappa shape index (κ1) is 13.1. The molecule has 3 rings (SSSR count). The van der Waals surface area contributed by atoms with Crippen molar-refractivity contribution < 1.29 is 0 Å². The molecule has 0 aliphatic heterocycles. The molecule has 0 unspecified atom stereocenters. The SMILES string of the molecule is Nc1ccc(C(c2ccc(N)cc2)c2ncncn2)cc1. The van der Waals surface area contributed by atoms with Gasteiger partial charge in [0.25, 0.3) is 0 Å². The number of hydrogen-bond donors (Lipinski definition) is 2. The number of nitrogens with zero attached hydrogens (tertiary/aromatic N) is 3. The van der Waals surface area contributed by atoms with E-state index in [1.807, 2.05) is 48.5 Å². The molecule has 0 spiro atoms. The van der Waals surface area contributed by atoms with Crippen molar-refractivity contribution in [2.45, 2.75) is 5.92 Å². The Morgan fingerprint density at radius 1 is 0.667 bits per heavy atom. The van der Waals surface area contributed by atoms with E-state index >= 15 is 0 Å². The highest BCUT2D eigenvalue weighted by molar-refractivity contribution is 5.47. The second kappa shape index (κ2) is 5.58. The van der Waals surface area contributed by atoms with Crippen molar-refractivity contribution in [3.8, 4) is 0 Å². The zero-order valence-corrected chi connectivity index (χ0v) is 11.3. The highest BCUT2D eigenvalue weighted by atomic mass is 15.0. The monoisotopic (exact) mass is 277 g/mol. The molecule has 0 bridgehead atoms. The summed E-state index contributed by atoms with van der Waals surface area (Å²) in [5.41, 5.74) is 15.1. The van der Waals surface area contributed by atoms with Crippen LogP contribution in [0.3, 0.4) is 0 Å². The molecule has 0 amide bonds. The summed E-state index contributed by atoms with van der Waals surface area (Å²) in [5, 5.41) is 0. The molecule has 0 aliphatic carbocycles. The van der Waals surface area contributed by atoms with Crippen LogP contribution in [-0.4, -0.2) is 15.0 Å². The molecule has 0 atom stereocenters.